The van der Waals surface area contributed by atoms with Crippen molar-refractivity contribution in [1.29, 1.82) is 0 Å². The largest absolute Gasteiger partial charge is 0.508 e. The fourth-order valence-electron chi connectivity index (χ4n) is 1.68. The molecule has 20 heavy (non-hydrogen) atoms. The number of phenols is 1. The van der Waals surface area contributed by atoms with E-state index >= 15 is 0 Å². The molecule has 7 heteroatoms. The average Bonchev–Trinajstić information content (AvgIpc) is 2.41. The Morgan fingerprint density at radius 2 is 1.90 bits per heavy atom. The molecule has 0 radical (unpaired) electrons. The lowest BCUT2D eigenvalue weighted by molar-refractivity contribution is 0.463. The second kappa shape index (κ2) is 5.78. The third kappa shape index (κ3) is 3.09. The van der Waals surface area contributed by atoms with Crippen LogP contribution in [-0.2, 0) is 16.6 Å². The van der Waals surface area contributed by atoms with Crippen LogP contribution in [0.5, 0.6) is 5.75 Å². The zero-order chi connectivity index (χ0) is 14.8. The molecule has 0 amide bonds. The molecule has 0 unspecified atom stereocenters. The smallest absolute Gasteiger partial charge is 0.246 e. The standard InChI is InChI=1S/C13H13ClN2O3S/c1-16(9-10-4-6-11(17)7-5-10)20(18,19)12-3-2-8-15-13(12)14/h2-8,17H,9H2,1H3. The molecule has 1 aromatic carbocycles. The Labute approximate surface area is 122 Å². The summed E-state index contributed by atoms with van der Waals surface area (Å²) in [5, 5.41) is 9.16. The number of aromatic nitrogens is 1. The van der Waals surface area contributed by atoms with E-state index in [1.807, 2.05) is 0 Å². The van der Waals surface area contributed by atoms with E-state index < -0.39 is 10.0 Å². The summed E-state index contributed by atoms with van der Waals surface area (Å²) in [7, 11) is -2.24. The highest BCUT2D eigenvalue weighted by molar-refractivity contribution is 7.89. The van der Waals surface area contributed by atoms with Gasteiger partial charge in [0.1, 0.15) is 15.8 Å². The van der Waals surface area contributed by atoms with Crippen molar-refractivity contribution < 1.29 is 13.5 Å². The highest BCUT2D eigenvalue weighted by atomic mass is 35.5. The molecule has 0 fully saturated rings. The van der Waals surface area contributed by atoms with Gasteiger partial charge in [-0.15, -0.1) is 0 Å². The highest BCUT2D eigenvalue weighted by Crippen LogP contribution is 2.22. The number of phenolic OH excluding ortho intramolecular Hbond substituents is 1. The quantitative estimate of drug-likeness (QED) is 0.879. The normalized spacial score (nSPS) is 11.8. The van der Waals surface area contributed by atoms with Gasteiger partial charge in [-0.2, -0.15) is 4.31 Å². The molecule has 0 aliphatic heterocycles. The first-order valence-corrected chi connectivity index (χ1v) is 7.58. The number of hydrogen-bond donors (Lipinski definition) is 1. The Hall–Kier alpha value is -1.63. The molecule has 0 bridgehead atoms. The summed E-state index contributed by atoms with van der Waals surface area (Å²) in [6.45, 7) is 0.174. The zero-order valence-corrected chi connectivity index (χ0v) is 12.3. The van der Waals surface area contributed by atoms with Crippen molar-refractivity contribution in [3.05, 3.63) is 53.3 Å². The molecule has 0 spiro atoms. The second-order valence-corrected chi connectivity index (χ2v) is 6.59. The Morgan fingerprint density at radius 1 is 1.25 bits per heavy atom. The van der Waals surface area contributed by atoms with Crippen LogP contribution < -0.4 is 0 Å². The van der Waals surface area contributed by atoms with E-state index in [-0.39, 0.29) is 22.3 Å². The summed E-state index contributed by atoms with van der Waals surface area (Å²) < 4.78 is 25.9. The van der Waals surface area contributed by atoms with E-state index in [9.17, 15) is 13.5 Å². The van der Waals surface area contributed by atoms with E-state index in [0.29, 0.717) is 0 Å². The molecule has 2 aromatic rings. The van der Waals surface area contributed by atoms with Gasteiger partial charge in [0, 0.05) is 19.8 Å². The molecule has 1 heterocycles. The number of rotatable bonds is 4. The molecular weight excluding hydrogens is 300 g/mol. The summed E-state index contributed by atoms with van der Waals surface area (Å²) in [5.74, 6) is 0.134. The van der Waals surface area contributed by atoms with Crippen LogP contribution in [0.25, 0.3) is 0 Å². The van der Waals surface area contributed by atoms with Gasteiger partial charge >= 0.3 is 0 Å². The van der Waals surface area contributed by atoms with Crippen molar-refractivity contribution in [3.8, 4) is 5.75 Å². The molecule has 1 N–H and O–H groups in total. The van der Waals surface area contributed by atoms with Crippen LogP contribution in [0, 0.1) is 0 Å². The lowest BCUT2D eigenvalue weighted by atomic mass is 10.2. The van der Waals surface area contributed by atoms with Gasteiger partial charge in [-0.25, -0.2) is 13.4 Å². The van der Waals surface area contributed by atoms with Crippen molar-refractivity contribution >= 4 is 21.6 Å². The first-order valence-electron chi connectivity index (χ1n) is 5.76. The van der Waals surface area contributed by atoms with Crippen molar-refractivity contribution in [2.24, 2.45) is 0 Å². The monoisotopic (exact) mass is 312 g/mol. The van der Waals surface area contributed by atoms with E-state index in [1.54, 1.807) is 12.1 Å². The van der Waals surface area contributed by atoms with Crippen molar-refractivity contribution in [1.82, 2.24) is 9.29 Å². The van der Waals surface area contributed by atoms with E-state index in [4.69, 9.17) is 11.6 Å². The summed E-state index contributed by atoms with van der Waals surface area (Å²) in [5.41, 5.74) is 0.758. The summed E-state index contributed by atoms with van der Waals surface area (Å²) in [6, 6.07) is 9.27. The molecule has 106 valence electrons. The molecular formula is C13H13ClN2O3S. The van der Waals surface area contributed by atoms with Gasteiger partial charge in [0.2, 0.25) is 10.0 Å². The Kier molecular flexibility index (Phi) is 4.27. The van der Waals surface area contributed by atoms with Gasteiger partial charge in [0.25, 0.3) is 0 Å². The number of nitrogens with zero attached hydrogens (tertiary/aromatic N) is 2. The predicted molar refractivity (Wildman–Crippen MR) is 76.0 cm³/mol. The van der Waals surface area contributed by atoms with Crippen molar-refractivity contribution in [2.45, 2.75) is 11.4 Å². The fourth-order valence-corrected chi connectivity index (χ4v) is 3.26. The van der Waals surface area contributed by atoms with Crippen LogP contribution in [0.2, 0.25) is 5.15 Å². The molecule has 0 aliphatic rings. The van der Waals surface area contributed by atoms with Gasteiger partial charge in [0.15, 0.2) is 0 Å². The summed E-state index contributed by atoms with van der Waals surface area (Å²) >= 11 is 5.83. The van der Waals surface area contributed by atoms with Gasteiger partial charge in [-0.1, -0.05) is 23.7 Å². The van der Waals surface area contributed by atoms with E-state index in [2.05, 4.69) is 4.98 Å². The number of aromatic hydroxyl groups is 1. The number of halogens is 1. The van der Waals surface area contributed by atoms with E-state index in [0.717, 1.165) is 5.56 Å². The second-order valence-electron chi connectivity index (χ2n) is 4.22. The number of hydrogen-bond acceptors (Lipinski definition) is 4. The maximum atomic E-state index is 12.4. The van der Waals surface area contributed by atoms with Crippen LogP contribution in [0.3, 0.4) is 0 Å². The predicted octanol–water partition coefficient (Wildman–Crippen LogP) is 2.26. The molecule has 0 atom stereocenters. The van der Waals surface area contributed by atoms with Crippen LogP contribution >= 0.6 is 11.6 Å². The lowest BCUT2D eigenvalue weighted by Crippen LogP contribution is -2.26. The Morgan fingerprint density at radius 3 is 2.50 bits per heavy atom. The summed E-state index contributed by atoms with van der Waals surface area (Å²) in [4.78, 5) is 3.75. The Bertz CT molecular complexity index is 702. The maximum absolute atomic E-state index is 12.4. The Balaban J connectivity index is 2.26. The van der Waals surface area contributed by atoms with Gasteiger partial charge in [0.05, 0.1) is 0 Å². The SMILES string of the molecule is CN(Cc1ccc(O)cc1)S(=O)(=O)c1cccnc1Cl. The topological polar surface area (TPSA) is 70.5 Å². The third-order valence-electron chi connectivity index (χ3n) is 2.75. The molecule has 1 aromatic heterocycles. The number of sulfonamides is 1. The minimum atomic E-state index is -3.70. The van der Waals surface area contributed by atoms with Crippen molar-refractivity contribution in [2.75, 3.05) is 7.05 Å². The van der Waals surface area contributed by atoms with E-state index in [1.165, 1.54) is 41.8 Å². The highest BCUT2D eigenvalue weighted by Gasteiger charge is 2.24. The van der Waals surface area contributed by atoms with Crippen molar-refractivity contribution in [3.63, 3.8) is 0 Å². The maximum Gasteiger partial charge on any atom is 0.246 e. The van der Waals surface area contributed by atoms with Crippen LogP contribution in [0.1, 0.15) is 5.56 Å². The van der Waals surface area contributed by atoms with Gasteiger partial charge in [-0.05, 0) is 29.8 Å². The molecule has 0 saturated carbocycles. The third-order valence-corrected chi connectivity index (χ3v) is 5.00. The molecule has 0 saturated heterocycles. The number of benzene rings is 1. The van der Waals surface area contributed by atoms with Crippen LogP contribution in [0.4, 0.5) is 0 Å². The van der Waals surface area contributed by atoms with Crippen LogP contribution in [0.15, 0.2) is 47.5 Å². The molecule has 2 rings (SSSR count). The summed E-state index contributed by atoms with van der Waals surface area (Å²) in [6.07, 6.45) is 1.43. The first kappa shape index (κ1) is 14.8. The molecule has 5 nitrogen and oxygen atoms in total. The van der Waals surface area contributed by atoms with Crippen LogP contribution in [-0.4, -0.2) is 29.9 Å². The van der Waals surface area contributed by atoms with Gasteiger partial charge < -0.3 is 5.11 Å². The number of pyridine rings is 1. The molecule has 0 aliphatic carbocycles. The van der Waals surface area contributed by atoms with Gasteiger partial charge in [-0.3, -0.25) is 0 Å². The lowest BCUT2D eigenvalue weighted by Gasteiger charge is -2.17. The average molecular weight is 313 g/mol. The fraction of sp³-hybridized carbons (Fsp3) is 0.154. The minimum absolute atomic E-state index is 0.0251. The minimum Gasteiger partial charge on any atom is -0.508 e. The first-order chi connectivity index (χ1) is 9.41. The zero-order valence-electron chi connectivity index (χ0n) is 10.7.